The third-order valence-electron chi connectivity index (χ3n) is 2.29. The van der Waals surface area contributed by atoms with Crippen LogP contribution in [0.1, 0.15) is 19.8 Å². The fourth-order valence-electron chi connectivity index (χ4n) is 1.35. The maximum atomic E-state index is 11.9. The fourth-order valence-corrected chi connectivity index (χ4v) is 3.68. The van der Waals surface area contributed by atoms with Crippen LogP contribution in [0, 0.1) is 10.1 Å². The molecule has 0 aliphatic rings. The second-order valence-electron chi connectivity index (χ2n) is 3.94. The van der Waals surface area contributed by atoms with Crippen molar-refractivity contribution in [3.8, 4) is 0 Å². The average molecular weight is 323 g/mol. The van der Waals surface area contributed by atoms with E-state index in [0.29, 0.717) is 31.0 Å². The number of anilines is 1. The Bertz CT molecular complexity index is 555. The summed E-state index contributed by atoms with van der Waals surface area (Å²) in [4.78, 5) is 9.92. The molecule has 1 heterocycles. The molecule has 0 spiro atoms. The number of hydrogen-bond donors (Lipinski definition) is 2. The van der Waals surface area contributed by atoms with Crippen LogP contribution in [0.4, 0.5) is 10.7 Å². The summed E-state index contributed by atoms with van der Waals surface area (Å²) in [6.45, 7) is 3.29. The molecule has 114 valence electrons. The lowest BCUT2D eigenvalue weighted by molar-refractivity contribution is -0.383. The number of thiophene rings is 1. The van der Waals surface area contributed by atoms with Gasteiger partial charge in [0, 0.05) is 25.8 Å². The van der Waals surface area contributed by atoms with E-state index in [9.17, 15) is 18.5 Å². The second kappa shape index (κ2) is 7.53. The first-order chi connectivity index (χ1) is 9.38. The number of nitrogens with one attached hydrogen (secondary N) is 1. The topological polar surface area (TPSA) is 125 Å². The Labute approximate surface area is 121 Å². The zero-order chi connectivity index (χ0) is 15.2. The van der Waals surface area contributed by atoms with E-state index in [4.69, 9.17) is 10.5 Å². The number of nitrogens with zero attached hydrogens (tertiary/aromatic N) is 1. The van der Waals surface area contributed by atoms with Gasteiger partial charge < -0.3 is 10.5 Å². The number of ether oxygens (including phenoxy) is 1. The molecule has 1 aromatic rings. The van der Waals surface area contributed by atoms with Gasteiger partial charge in [0.15, 0.2) is 5.00 Å². The Kier molecular flexibility index (Phi) is 6.33. The molecule has 0 aromatic carbocycles. The highest BCUT2D eigenvalue weighted by Gasteiger charge is 2.24. The lowest BCUT2D eigenvalue weighted by atomic mass is 10.4. The van der Waals surface area contributed by atoms with Crippen LogP contribution >= 0.6 is 11.3 Å². The van der Waals surface area contributed by atoms with Crippen molar-refractivity contribution < 1.29 is 18.1 Å². The second-order valence-corrected chi connectivity index (χ2v) is 7.01. The van der Waals surface area contributed by atoms with Crippen molar-refractivity contribution in [3.63, 3.8) is 0 Å². The standard InChI is InChI=1S/C10H17N3O5S2/c1-2-5-18-6-3-4-12-20(16,17)9-7-8(13(14)15)10(11)19-9/h7,12H,2-6,11H2,1H3. The molecule has 0 bridgehead atoms. The monoisotopic (exact) mass is 323 g/mol. The summed E-state index contributed by atoms with van der Waals surface area (Å²) in [6, 6.07) is 0.968. The van der Waals surface area contributed by atoms with Crippen LogP contribution < -0.4 is 10.5 Å². The Morgan fingerprint density at radius 1 is 1.50 bits per heavy atom. The highest BCUT2D eigenvalue weighted by atomic mass is 32.2. The molecule has 0 fully saturated rings. The van der Waals surface area contributed by atoms with E-state index in [2.05, 4.69) is 4.72 Å². The van der Waals surface area contributed by atoms with Crippen LogP contribution in [0.15, 0.2) is 10.3 Å². The molecular weight excluding hydrogens is 306 g/mol. The molecule has 0 unspecified atom stereocenters. The van der Waals surface area contributed by atoms with Crippen molar-refractivity contribution in [1.82, 2.24) is 4.72 Å². The summed E-state index contributed by atoms with van der Waals surface area (Å²) in [7, 11) is -3.76. The van der Waals surface area contributed by atoms with Gasteiger partial charge in [-0.3, -0.25) is 10.1 Å². The molecule has 0 radical (unpaired) electrons. The van der Waals surface area contributed by atoms with E-state index >= 15 is 0 Å². The lowest BCUT2D eigenvalue weighted by Gasteiger charge is -2.04. The van der Waals surface area contributed by atoms with Crippen molar-refractivity contribution in [2.24, 2.45) is 0 Å². The highest BCUT2D eigenvalue weighted by molar-refractivity contribution is 7.91. The summed E-state index contributed by atoms with van der Waals surface area (Å²) < 4.78 is 31.2. The van der Waals surface area contributed by atoms with Gasteiger partial charge in [-0.15, -0.1) is 0 Å². The molecule has 10 heteroatoms. The third kappa shape index (κ3) is 4.71. The molecule has 0 saturated carbocycles. The smallest absolute Gasteiger partial charge is 0.304 e. The van der Waals surface area contributed by atoms with Crippen molar-refractivity contribution in [1.29, 1.82) is 0 Å². The van der Waals surface area contributed by atoms with Crippen molar-refractivity contribution >= 4 is 32.0 Å². The Morgan fingerprint density at radius 3 is 2.75 bits per heavy atom. The number of nitro groups is 1. The molecule has 20 heavy (non-hydrogen) atoms. The Morgan fingerprint density at radius 2 is 2.20 bits per heavy atom. The van der Waals surface area contributed by atoms with Crippen LogP contribution in [0.5, 0.6) is 0 Å². The largest absolute Gasteiger partial charge is 0.385 e. The molecular formula is C10H17N3O5S2. The number of nitrogen functional groups attached to an aromatic ring is 1. The fraction of sp³-hybridized carbons (Fsp3) is 0.600. The van der Waals surface area contributed by atoms with E-state index in [0.717, 1.165) is 12.5 Å². The van der Waals surface area contributed by atoms with Crippen LogP contribution in [-0.2, 0) is 14.8 Å². The molecule has 0 atom stereocenters. The minimum absolute atomic E-state index is 0.123. The van der Waals surface area contributed by atoms with Gasteiger partial charge in [-0.1, -0.05) is 18.3 Å². The Hall–Kier alpha value is -1.23. The van der Waals surface area contributed by atoms with Crippen LogP contribution in [-0.4, -0.2) is 33.1 Å². The summed E-state index contributed by atoms with van der Waals surface area (Å²) in [5.41, 5.74) is 5.03. The molecule has 1 rings (SSSR count). The zero-order valence-electron chi connectivity index (χ0n) is 11.0. The van der Waals surface area contributed by atoms with Crippen LogP contribution in [0.25, 0.3) is 0 Å². The molecule has 0 saturated heterocycles. The van der Waals surface area contributed by atoms with Gasteiger partial charge in [-0.25, -0.2) is 13.1 Å². The van der Waals surface area contributed by atoms with Gasteiger partial charge in [-0.05, 0) is 12.8 Å². The van der Waals surface area contributed by atoms with E-state index in [1.54, 1.807) is 0 Å². The maximum absolute atomic E-state index is 11.9. The number of hydrogen-bond acceptors (Lipinski definition) is 7. The summed E-state index contributed by atoms with van der Waals surface area (Å²) in [5.74, 6) is 0. The zero-order valence-corrected chi connectivity index (χ0v) is 12.6. The quantitative estimate of drug-likeness (QED) is 0.401. The predicted octanol–water partition coefficient (Wildman–Crippen LogP) is 1.33. The van der Waals surface area contributed by atoms with Gasteiger partial charge in [-0.2, -0.15) is 0 Å². The summed E-state index contributed by atoms with van der Waals surface area (Å²) in [6.07, 6.45) is 1.44. The SMILES string of the molecule is CCCOCCCNS(=O)(=O)c1cc([N+](=O)[O-])c(N)s1. The first-order valence-electron chi connectivity index (χ1n) is 5.99. The highest BCUT2D eigenvalue weighted by Crippen LogP contribution is 2.34. The molecule has 3 N–H and O–H groups in total. The predicted molar refractivity (Wildman–Crippen MR) is 76.3 cm³/mol. The van der Waals surface area contributed by atoms with Crippen molar-refractivity contribution in [2.45, 2.75) is 24.0 Å². The average Bonchev–Trinajstić information content (AvgIpc) is 2.76. The van der Waals surface area contributed by atoms with Crippen LogP contribution in [0.3, 0.4) is 0 Å². The third-order valence-corrected chi connectivity index (χ3v) is 5.17. The van der Waals surface area contributed by atoms with Gasteiger partial charge in [0.05, 0.1) is 4.92 Å². The summed E-state index contributed by atoms with van der Waals surface area (Å²) in [5, 5.41) is 10.5. The van der Waals surface area contributed by atoms with E-state index in [-0.39, 0.29) is 21.4 Å². The maximum Gasteiger partial charge on any atom is 0.304 e. The molecule has 0 amide bonds. The minimum atomic E-state index is -3.76. The van der Waals surface area contributed by atoms with E-state index in [1.165, 1.54) is 0 Å². The Balaban J connectivity index is 2.56. The van der Waals surface area contributed by atoms with Crippen LogP contribution in [0.2, 0.25) is 0 Å². The first kappa shape index (κ1) is 16.8. The van der Waals surface area contributed by atoms with Gasteiger partial charge in [0.1, 0.15) is 4.21 Å². The van der Waals surface area contributed by atoms with Crippen molar-refractivity contribution in [2.75, 3.05) is 25.5 Å². The molecule has 1 aromatic heterocycles. The van der Waals surface area contributed by atoms with Gasteiger partial charge in [0.25, 0.3) is 0 Å². The molecule has 0 aliphatic carbocycles. The molecule has 0 aliphatic heterocycles. The van der Waals surface area contributed by atoms with Crippen molar-refractivity contribution in [3.05, 3.63) is 16.2 Å². The lowest BCUT2D eigenvalue weighted by Crippen LogP contribution is -2.24. The molecule has 8 nitrogen and oxygen atoms in total. The number of sulfonamides is 1. The number of rotatable bonds is 9. The number of nitrogens with two attached hydrogens (primary N) is 1. The minimum Gasteiger partial charge on any atom is -0.385 e. The van der Waals surface area contributed by atoms with E-state index in [1.807, 2.05) is 6.92 Å². The first-order valence-corrected chi connectivity index (χ1v) is 8.29. The normalized spacial score (nSPS) is 11.7. The van der Waals surface area contributed by atoms with Gasteiger partial charge in [0.2, 0.25) is 10.0 Å². The van der Waals surface area contributed by atoms with E-state index < -0.39 is 14.9 Å². The summed E-state index contributed by atoms with van der Waals surface area (Å²) >= 11 is 0.676. The van der Waals surface area contributed by atoms with Gasteiger partial charge >= 0.3 is 5.69 Å².